The Labute approximate surface area is 58.4 Å². The van der Waals surface area contributed by atoms with E-state index in [2.05, 4.69) is 4.98 Å². The van der Waals surface area contributed by atoms with Crippen LogP contribution in [0.15, 0.2) is 18.5 Å². The molecule has 1 rings (SSSR count). The molecule has 0 saturated heterocycles. The highest BCUT2D eigenvalue weighted by Gasteiger charge is 1.98. The average Bonchev–Trinajstić information content (AvgIpc) is 1.88. The van der Waals surface area contributed by atoms with Crippen molar-refractivity contribution in [3.63, 3.8) is 0 Å². The first-order valence-corrected chi connectivity index (χ1v) is 2.75. The van der Waals surface area contributed by atoms with Gasteiger partial charge in [-0.05, 0) is 6.07 Å². The molecule has 0 radical (unpaired) electrons. The lowest BCUT2D eigenvalue weighted by Crippen LogP contribution is -2.13. The molecule has 4 nitrogen and oxygen atoms in total. The molecule has 1 heterocycles. The van der Waals surface area contributed by atoms with Crippen molar-refractivity contribution >= 4 is 11.5 Å². The summed E-state index contributed by atoms with van der Waals surface area (Å²) in [5.41, 5.74) is 11.6. The second-order valence-electron chi connectivity index (χ2n) is 1.88. The summed E-state index contributed by atoms with van der Waals surface area (Å²) in [5, 5.41) is 7.03. The van der Waals surface area contributed by atoms with E-state index in [-0.39, 0.29) is 5.84 Å². The summed E-state index contributed by atoms with van der Waals surface area (Å²) in [7, 11) is 0. The zero-order valence-corrected chi connectivity index (χ0v) is 5.33. The molecule has 0 aromatic carbocycles. The fourth-order valence-electron chi connectivity index (χ4n) is 0.630. The van der Waals surface area contributed by atoms with Gasteiger partial charge in [0.15, 0.2) is 0 Å². The number of hydrogen-bond acceptors (Lipinski definition) is 3. The van der Waals surface area contributed by atoms with E-state index in [0.29, 0.717) is 11.3 Å². The first-order valence-electron chi connectivity index (χ1n) is 2.75. The second kappa shape index (κ2) is 2.34. The molecule has 0 spiro atoms. The Hall–Kier alpha value is -1.58. The summed E-state index contributed by atoms with van der Waals surface area (Å²) in [6.07, 6.45) is 3.03. The molecule has 0 unspecified atom stereocenters. The molecular formula is C6H8N4. The predicted molar refractivity (Wildman–Crippen MR) is 39.7 cm³/mol. The number of nitrogens with zero attached hydrogens (tertiary/aromatic N) is 1. The maximum absolute atomic E-state index is 7.03. The van der Waals surface area contributed by atoms with Crippen LogP contribution in [0.25, 0.3) is 0 Å². The second-order valence-corrected chi connectivity index (χ2v) is 1.88. The van der Waals surface area contributed by atoms with Crippen molar-refractivity contribution in [2.24, 2.45) is 5.73 Å². The van der Waals surface area contributed by atoms with E-state index in [0.717, 1.165) is 0 Å². The lowest BCUT2D eigenvalue weighted by atomic mass is 10.2. The zero-order valence-electron chi connectivity index (χ0n) is 5.33. The minimum absolute atomic E-state index is 0.0504. The van der Waals surface area contributed by atoms with Gasteiger partial charge in [-0.15, -0.1) is 0 Å². The van der Waals surface area contributed by atoms with Crippen molar-refractivity contribution in [3.05, 3.63) is 24.0 Å². The molecule has 0 aliphatic heterocycles. The van der Waals surface area contributed by atoms with Gasteiger partial charge in [0.1, 0.15) is 5.84 Å². The van der Waals surface area contributed by atoms with E-state index in [1.54, 1.807) is 12.3 Å². The normalized spacial score (nSPS) is 9.20. The van der Waals surface area contributed by atoms with Crippen molar-refractivity contribution in [1.82, 2.24) is 4.98 Å². The molecule has 0 fully saturated rings. The fourth-order valence-corrected chi connectivity index (χ4v) is 0.630. The van der Waals surface area contributed by atoms with Gasteiger partial charge < -0.3 is 11.5 Å². The van der Waals surface area contributed by atoms with E-state index in [9.17, 15) is 0 Å². The number of hydrogen-bond donors (Lipinski definition) is 3. The van der Waals surface area contributed by atoms with Gasteiger partial charge in [-0.1, -0.05) is 0 Å². The van der Waals surface area contributed by atoms with Crippen molar-refractivity contribution in [1.29, 1.82) is 5.41 Å². The SMILES string of the molecule is N=C(N)c1cnccc1N. The van der Waals surface area contributed by atoms with Gasteiger partial charge >= 0.3 is 0 Å². The van der Waals surface area contributed by atoms with Crippen LogP contribution in [0.5, 0.6) is 0 Å². The van der Waals surface area contributed by atoms with Gasteiger partial charge in [0.25, 0.3) is 0 Å². The van der Waals surface area contributed by atoms with Crippen LogP contribution >= 0.6 is 0 Å². The summed E-state index contributed by atoms with van der Waals surface area (Å²) in [6, 6.07) is 1.61. The zero-order chi connectivity index (χ0) is 7.56. The van der Waals surface area contributed by atoms with Crippen LogP contribution in [0, 0.1) is 5.41 Å². The number of rotatable bonds is 1. The maximum Gasteiger partial charge on any atom is 0.126 e. The molecule has 10 heavy (non-hydrogen) atoms. The lowest BCUT2D eigenvalue weighted by Gasteiger charge is -1.99. The fraction of sp³-hybridized carbons (Fsp3) is 0. The highest BCUT2D eigenvalue weighted by molar-refractivity contribution is 5.99. The number of pyridine rings is 1. The van der Waals surface area contributed by atoms with Crippen molar-refractivity contribution < 1.29 is 0 Å². The van der Waals surface area contributed by atoms with Crippen molar-refractivity contribution in [2.45, 2.75) is 0 Å². The van der Waals surface area contributed by atoms with Crippen LogP contribution in [0.3, 0.4) is 0 Å². The van der Waals surface area contributed by atoms with E-state index >= 15 is 0 Å². The number of aromatic nitrogens is 1. The van der Waals surface area contributed by atoms with Gasteiger partial charge in [0, 0.05) is 18.1 Å². The average molecular weight is 136 g/mol. The Kier molecular flexibility index (Phi) is 1.53. The molecule has 5 N–H and O–H groups in total. The van der Waals surface area contributed by atoms with Gasteiger partial charge in [-0.2, -0.15) is 0 Å². The maximum atomic E-state index is 7.03. The van der Waals surface area contributed by atoms with E-state index in [1.807, 2.05) is 0 Å². The summed E-state index contributed by atoms with van der Waals surface area (Å²) in [6.45, 7) is 0. The number of nitrogen functional groups attached to an aromatic ring is 2. The smallest absolute Gasteiger partial charge is 0.126 e. The highest BCUT2D eigenvalue weighted by Crippen LogP contribution is 2.05. The van der Waals surface area contributed by atoms with E-state index < -0.39 is 0 Å². The number of anilines is 1. The Bertz CT molecular complexity index is 256. The van der Waals surface area contributed by atoms with Crippen molar-refractivity contribution in [3.8, 4) is 0 Å². The van der Waals surface area contributed by atoms with Gasteiger partial charge in [0.05, 0.1) is 5.56 Å². The summed E-state index contributed by atoms with van der Waals surface area (Å²) in [5.74, 6) is -0.0504. The Morgan fingerprint density at radius 2 is 2.30 bits per heavy atom. The molecule has 0 bridgehead atoms. The number of nitrogens with one attached hydrogen (secondary N) is 1. The molecule has 0 aliphatic rings. The highest BCUT2D eigenvalue weighted by atomic mass is 14.7. The molecule has 52 valence electrons. The van der Waals surface area contributed by atoms with Gasteiger partial charge in [-0.3, -0.25) is 10.4 Å². The first kappa shape index (κ1) is 6.54. The predicted octanol–water partition coefficient (Wildman–Crippen LogP) is -0.0521. The van der Waals surface area contributed by atoms with E-state index in [1.165, 1.54) is 6.20 Å². The third-order valence-corrected chi connectivity index (χ3v) is 1.14. The Morgan fingerprint density at radius 1 is 1.60 bits per heavy atom. The first-order chi connectivity index (χ1) is 4.72. The van der Waals surface area contributed by atoms with Crippen LogP contribution in [0.2, 0.25) is 0 Å². The standard InChI is InChI=1S/C6H8N4/c7-5-1-2-10-3-4(5)6(8)9/h1-3H,(H2,7,10)(H3,8,9). The molecular weight excluding hydrogens is 128 g/mol. The summed E-state index contributed by atoms with van der Waals surface area (Å²) in [4.78, 5) is 3.77. The molecule has 0 atom stereocenters. The van der Waals surface area contributed by atoms with Gasteiger partial charge in [-0.25, -0.2) is 0 Å². The molecule has 1 aromatic rings. The Balaban J connectivity index is 3.15. The molecule has 0 aliphatic carbocycles. The summed E-state index contributed by atoms with van der Waals surface area (Å²) < 4.78 is 0. The third-order valence-electron chi connectivity index (χ3n) is 1.14. The van der Waals surface area contributed by atoms with Crippen LogP contribution in [-0.4, -0.2) is 10.8 Å². The van der Waals surface area contributed by atoms with Crippen LogP contribution in [0.1, 0.15) is 5.56 Å². The lowest BCUT2D eigenvalue weighted by molar-refractivity contribution is 1.30. The largest absolute Gasteiger partial charge is 0.398 e. The number of nitrogens with two attached hydrogens (primary N) is 2. The van der Waals surface area contributed by atoms with Crippen LogP contribution in [-0.2, 0) is 0 Å². The molecule has 0 amide bonds. The molecule has 4 heteroatoms. The molecule has 1 aromatic heterocycles. The van der Waals surface area contributed by atoms with Crippen LogP contribution in [0.4, 0.5) is 5.69 Å². The monoisotopic (exact) mass is 136 g/mol. The molecule has 0 saturated carbocycles. The van der Waals surface area contributed by atoms with Gasteiger partial charge in [0.2, 0.25) is 0 Å². The minimum atomic E-state index is -0.0504. The third kappa shape index (κ3) is 1.05. The Morgan fingerprint density at radius 3 is 2.70 bits per heavy atom. The quantitative estimate of drug-likeness (QED) is 0.373. The van der Waals surface area contributed by atoms with E-state index in [4.69, 9.17) is 16.9 Å². The van der Waals surface area contributed by atoms with Crippen molar-refractivity contribution in [2.75, 3.05) is 5.73 Å². The summed E-state index contributed by atoms with van der Waals surface area (Å²) >= 11 is 0. The van der Waals surface area contributed by atoms with Crippen LogP contribution < -0.4 is 11.5 Å². The topological polar surface area (TPSA) is 88.8 Å². The number of amidine groups is 1. The minimum Gasteiger partial charge on any atom is -0.398 e.